The third-order valence-electron chi connectivity index (χ3n) is 0. The van der Waals surface area contributed by atoms with E-state index >= 15 is 0 Å². The fourth-order valence-electron chi connectivity index (χ4n) is 0. The van der Waals surface area contributed by atoms with E-state index in [1.165, 1.54) is 0 Å². The van der Waals surface area contributed by atoms with Crippen LogP contribution in [0.5, 0.6) is 0 Å². The number of alkyl halides is 1. The van der Waals surface area contributed by atoms with Crippen LogP contribution >= 0.6 is 22.6 Å². The molecule has 4 heavy (non-hydrogen) atoms. The van der Waals surface area contributed by atoms with E-state index in [1.807, 2.05) is 0 Å². The van der Waals surface area contributed by atoms with Gasteiger partial charge in [-0.2, -0.15) is 0 Å². The zero-order valence-corrected chi connectivity index (χ0v) is 5.79. The average molecular weight is 206 g/mol. The SMILES string of the molecule is [CH2-]CI.[V]. The monoisotopic (exact) mass is 206 g/mol. The third-order valence-corrected chi connectivity index (χ3v) is 0. The molecule has 0 bridgehead atoms. The van der Waals surface area contributed by atoms with Gasteiger partial charge in [0.15, 0.2) is 0 Å². The summed E-state index contributed by atoms with van der Waals surface area (Å²) in [5, 5.41) is 0. The first-order valence-corrected chi connectivity index (χ1v) is 2.29. The Morgan fingerprint density at radius 2 is 1.75 bits per heavy atom. The fourth-order valence-corrected chi connectivity index (χ4v) is 0. The molecular formula is C2H4IV-. The average Bonchev–Trinajstić information content (AvgIpc) is 0.918. The molecule has 0 aromatic carbocycles. The van der Waals surface area contributed by atoms with E-state index in [1.54, 1.807) is 0 Å². The smallest absolute Gasteiger partial charge is 0 e. The molecule has 0 amide bonds. The van der Waals surface area contributed by atoms with Crippen LogP contribution in [-0.4, -0.2) is 4.43 Å². The molecule has 0 rings (SSSR count). The predicted molar refractivity (Wildman–Crippen MR) is 24.2 cm³/mol. The quantitative estimate of drug-likeness (QED) is 0.318. The van der Waals surface area contributed by atoms with Crippen molar-refractivity contribution in [2.45, 2.75) is 0 Å². The van der Waals surface area contributed by atoms with Gasteiger partial charge < -0.3 is 6.92 Å². The second kappa shape index (κ2) is 8.85. The zero-order chi connectivity index (χ0) is 2.71. The molecule has 0 fully saturated rings. The van der Waals surface area contributed by atoms with E-state index in [2.05, 4.69) is 29.5 Å². The van der Waals surface area contributed by atoms with E-state index in [-0.39, 0.29) is 18.6 Å². The standard InChI is InChI=1S/C2H4I.V/c1-2-3;/h1-2H2;/q-1;. The molecule has 1 radical (unpaired) electrons. The summed E-state index contributed by atoms with van der Waals surface area (Å²) < 4.78 is 0.970. The molecule has 0 nitrogen and oxygen atoms in total. The van der Waals surface area contributed by atoms with Crippen LogP contribution in [0.2, 0.25) is 0 Å². The molecule has 25 valence electrons. The maximum absolute atomic E-state index is 3.47. The van der Waals surface area contributed by atoms with Crippen molar-refractivity contribution in [2.24, 2.45) is 0 Å². The Kier molecular flexibility index (Phi) is 19.9. The summed E-state index contributed by atoms with van der Waals surface area (Å²) in [6, 6.07) is 0. The van der Waals surface area contributed by atoms with E-state index in [0.717, 1.165) is 4.43 Å². The Morgan fingerprint density at radius 1 is 1.75 bits per heavy atom. The summed E-state index contributed by atoms with van der Waals surface area (Å²) in [5.74, 6) is 0. The maximum Gasteiger partial charge on any atom is 0 e. The Hall–Kier alpha value is 1.31. The summed E-state index contributed by atoms with van der Waals surface area (Å²) in [6.45, 7) is 3.47. The molecule has 2 heteroatoms. The summed E-state index contributed by atoms with van der Waals surface area (Å²) in [4.78, 5) is 0. The van der Waals surface area contributed by atoms with Crippen molar-refractivity contribution < 1.29 is 18.6 Å². The number of hydrogen-bond acceptors (Lipinski definition) is 0. The number of rotatable bonds is 0. The van der Waals surface area contributed by atoms with E-state index in [9.17, 15) is 0 Å². The molecule has 0 N–H and O–H groups in total. The van der Waals surface area contributed by atoms with Crippen molar-refractivity contribution in [1.82, 2.24) is 0 Å². The van der Waals surface area contributed by atoms with E-state index < -0.39 is 0 Å². The molecule has 0 atom stereocenters. The predicted octanol–water partition coefficient (Wildman–Crippen LogP) is 1.25. The van der Waals surface area contributed by atoms with Crippen LogP contribution in [0.25, 0.3) is 0 Å². The molecule has 0 aromatic heterocycles. The van der Waals surface area contributed by atoms with Gasteiger partial charge in [-0.15, -0.1) is 27.0 Å². The largest absolute Gasteiger partial charge is 0.334 e. The van der Waals surface area contributed by atoms with Crippen molar-refractivity contribution in [2.75, 3.05) is 4.43 Å². The molecule has 0 aliphatic carbocycles. The minimum atomic E-state index is 0. The van der Waals surface area contributed by atoms with Crippen LogP contribution in [0.3, 0.4) is 0 Å². The Balaban J connectivity index is 0. The van der Waals surface area contributed by atoms with Crippen LogP contribution in [0, 0.1) is 6.92 Å². The normalized spacial score (nSPS) is 4.50. The number of hydrogen-bond donors (Lipinski definition) is 0. The first-order chi connectivity index (χ1) is 1.41. The van der Waals surface area contributed by atoms with Gasteiger partial charge in [-0.05, 0) is 0 Å². The first-order valence-electron chi connectivity index (χ1n) is 0.767. The molecule has 0 unspecified atom stereocenters. The topological polar surface area (TPSA) is 0 Å². The molecular weight excluding hydrogens is 202 g/mol. The summed E-state index contributed by atoms with van der Waals surface area (Å²) in [6.07, 6.45) is 0. The van der Waals surface area contributed by atoms with Gasteiger partial charge in [0.25, 0.3) is 0 Å². The zero-order valence-electron chi connectivity index (χ0n) is 2.24. The van der Waals surface area contributed by atoms with Crippen LogP contribution in [0.15, 0.2) is 0 Å². The molecule has 0 spiro atoms. The molecule has 0 aromatic rings. The molecule has 0 saturated heterocycles. The fraction of sp³-hybridized carbons (Fsp3) is 0.500. The molecule has 0 aliphatic rings. The summed E-state index contributed by atoms with van der Waals surface area (Å²) in [5.41, 5.74) is 0. The van der Waals surface area contributed by atoms with Gasteiger partial charge in [-0.3, -0.25) is 0 Å². The van der Waals surface area contributed by atoms with E-state index in [4.69, 9.17) is 0 Å². The van der Waals surface area contributed by atoms with Crippen molar-refractivity contribution in [3.05, 3.63) is 6.92 Å². The van der Waals surface area contributed by atoms with Crippen molar-refractivity contribution in [1.29, 1.82) is 0 Å². The Labute approximate surface area is 52.4 Å². The van der Waals surface area contributed by atoms with Gasteiger partial charge in [0.05, 0.1) is 0 Å². The Morgan fingerprint density at radius 3 is 1.75 bits per heavy atom. The van der Waals surface area contributed by atoms with Gasteiger partial charge in [-0.25, -0.2) is 0 Å². The van der Waals surface area contributed by atoms with Crippen molar-refractivity contribution in [3.8, 4) is 0 Å². The third kappa shape index (κ3) is 10.3. The second-order valence-corrected chi connectivity index (χ2v) is 1.27. The van der Waals surface area contributed by atoms with Crippen molar-refractivity contribution in [3.63, 3.8) is 0 Å². The Bertz CT molecular complexity index is 6.00. The first kappa shape index (κ1) is 9.01. The van der Waals surface area contributed by atoms with Gasteiger partial charge in [-0.1, -0.05) is 0 Å². The van der Waals surface area contributed by atoms with Crippen molar-refractivity contribution >= 4 is 22.6 Å². The van der Waals surface area contributed by atoms with Crippen LogP contribution < -0.4 is 0 Å². The van der Waals surface area contributed by atoms with Crippen LogP contribution in [0.4, 0.5) is 0 Å². The maximum atomic E-state index is 3.47. The van der Waals surface area contributed by atoms with Gasteiger partial charge in [0.2, 0.25) is 0 Å². The summed E-state index contributed by atoms with van der Waals surface area (Å²) in [7, 11) is 0. The minimum Gasteiger partial charge on any atom is -0.334 e. The van der Waals surface area contributed by atoms with E-state index in [0.29, 0.717) is 0 Å². The molecule has 0 saturated carbocycles. The minimum absolute atomic E-state index is 0. The van der Waals surface area contributed by atoms with Crippen LogP contribution in [-0.2, 0) is 18.6 Å². The van der Waals surface area contributed by atoms with Gasteiger partial charge in [0, 0.05) is 18.6 Å². The molecule has 0 heterocycles. The second-order valence-electron chi connectivity index (χ2n) is 0.189. The number of halogens is 1. The van der Waals surface area contributed by atoms with Gasteiger partial charge >= 0.3 is 0 Å². The van der Waals surface area contributed by atoms with Gasteiger partial charge in [0.1, 0.15) is 0 Å². The summed E-state index contributed by atoms with van der Waals surface area (Å²) >= 11 is 2.18. The molecule has 0 aliphatic heterocycles. The van der Waals surface area contributed by atoms with Crippen LogP contribution in [0.1, 0.15) is 0 Å².